The summed E-state index contributed by atoms with van der Waals surface area (Å²) >= 11 is 4.36. The molecule has 1 rings (SSSR count). The molecule has 0 spiro atoms. The third-order valence-corrected chi connectivity index (χ3v) is 7.15. The van der Waals surface area contributed by atoms with Crippen LogP contribution in [-0.2, 0) is 0 Å². The smallest absolute Gasteiger partial charge is 0.0294 e. The van der Waals surface area contributed by atoms with Gasteiger partial charge in [0, 0.05) is 27.5 Å². The molecular weight excluding hydrogens is 258 g/mol. The molecular formula is C15H29NS2. The van der Waals surface area contributed by atoms with Crippen LogP contribution in [0, 0.1) is 0 Å². The predicted octanol–water partition coefficient (Wildman–Crippen LogP) is 4.34. The van der Waals surface area contributed by atoms with Crippen molar-refractivity contribution < 1.29 is 0 Å². The monoisotopic (exact) mass is 287 g/mol. The van der Waals surface area contributed by atoms with Crippen LogP contribution in [0.2, 0.25) is 0 Å². The zero-order chi connectivity index (χ0) is 13.4. The Bertz CT molecular complexity index is 233. The molecule has 18 heavy (non-hydrogen) atoms. The van der Waals surface area contributed by atoms with E-state index in [2.05, 4.69) is 56.2 Å². The summed E-state index contributed by atoms with van der Waals surface area (Å²) in [5, 5.41) is 6.16. The lowest BCUT2D eigenvalue weighted by Crippen LogP contribution is -2.43. The summed E-state index contributed by atoms with van der Waals surface area (Å²) in [6.45, 7) is 12.0. The lowest BCUT2D eigenvalue weighted by Gasteiger charge is -2.36. The van der Waals surface area contributed by atoms with Crippen LogP contribution in [0.5, 0.6) is 0 Å². The van der Waals surface area contributed by atoms with Gasteiger partial charge >= 0.3 is 0 Å². The van der Waals surface area contributed by atoms with Crippen LogP contribution in [0.15, 0.2) is 12.7 Å². The fourth-order valence-corrected chi connectivity index (χ4v) is 5.42. The van der Waals surface area contributed by atoms with Crippen molar-refractivity contribution in [1.29, 1.82) is 0 Å². The molecule has 0 bridgehead atoms. The summed E-state index contributed by atoms with van der Waals surface area (Å²) in [5.41, 5.74) is 0. The highest BCUT2D eigenvalue weighted by atomic mass is 32.2. The first-order chi connectivity index (χ1) is 8.69. The van der Waals surface area contributed by atoms with Crippen molar-refractivity contribution >= 4 is 23.5 Å². The summed E-state index contributed by atoms with van der Waals surface area (Å²) in [4.78, 5) is 0. The van der Waals surface area contributed by atoms with Crippen LogP contribution in [0.25, 0.3) is 0 Å². The van der Waals surface area contributed by atoms with E-state index in [4.69, 9.17) is 0 Å². The van der Waals surface area contributed by atoms with Crippen molar-refractivity contribution in [2.75, 3.05) is 12.3 Å². The second-order valence-corrected chi connectivity index (χ2v) is 8.23. The molecule has 1 aliphatic rings. The van der Waals surface area contributed by atoms with E-state index in [0.29, 0.717) is 6.04 Å². The fourth-order valence-electron chi connectivity index (χ4n) is 2.25. The van der Waals surface area contributed by atoms with Crippen molar-refractivity contribution in [3.63, 3.8) is 0 Å². The molecule has 1 fully saturated rings. The first kappa shape index (κ1) is 16.5. The van der Waals surface area contributed by atoms with Gasteiger partial charge in [-0.2, -0.15) is 23.5 Å². The molecule has 3 heteroatoms. The van der Waals surface area contributed by atoms with E-state index < -0.39 is 0 Å². The third-order valence-electron chi connectivity index (χ3n) is 3.60. The number of nitrogens with one attached hydrogen (secondary N) is 1. The quantitative estimate of drug-likeness (QED) is 0.527. The zero-order valence-corrected chi connectivity index (χ0v) is 13.8. The standard InChI is InChI=1S/C15H29NS2/c1-5-7-8-9-14(16-10-6-2)15-11-17-12(3)13(4)18-15/h5,12-16H,1,6-11H2,2-4H3. The summed E-state index contributed by atoms with van der Waals surface area (Å²) in [7, 11) is 0. The molecule has 0 aromatic heterocycles. The minimum absolute atomic E-state index is 0.692. The van der Waals surface area contributed by atoms with Crippen molar-refractivity contribution in [3.05, 3.63) is 12.7 Å². The van der Waals surface area contributed by atoms with Gasteiger partial charge in [-0.1, -0.05) is 26.8 Å². The summed E-state index contributed by atoms with van der Waals surface area (Å²) < 4.78 is 0. The SMILES string of the molecule is C=CCCCC(NCCC)C1CSC(C)C(C)S1. The molecule has 0 amide bonds. The number of thioether (sulfide) groups is 2. The van der Waals surface area contributed by atoms with Gasteiger partial charge in [-0.05, 0) is 32.2 Å². The Morgan fingerprint density at radius 1 is 1.39 bits per heavy atom. The van der Waals surface area contributed by atoms with E-state index in [0.717, 1.165) is 28.7 Å². The average Bonchev–Trinajstić information content (AvgIpc) is 2.37. The van der Waals surface area contributed by atoms with Crippen LogP contribution >= 0.6 is 23.5 Å². The first-order valence-corrected chi connectivity index (χ1v) is 9.29. The maximum Gasteiger partial charge on any atom is 0.0294 e. The fraction of sp³-hybridized carbons (Fsp3) is 0.867. The number of hydrogen-bond acceptors (Lipinski definition) is 3. The molecule has 4 atom stereocenters. The van der Waals surface area contributed by atoms with Gasteiger partial charge < -0.3 is 5.32 Å². The lowest BCUT2D eigenvalue weighted by molar-refractivity contribution is 0.466. The highest BCUT2D eigenvalue weighted by Crippen LogP contribution is 2.37. The Kier molecular flexibility index (Phi) is 8.53. The van der Waals surface area contributed by atoms with Crippen LogP contribution in [0.4, 0.5) is 0 Å². The molecule has 106 valence electrons. The second-order valence-electron chi connectivity index (χ2n) is 5.20. The predicted molar refractivity (Wildman–Crippen MR) is 88.9 cm³/mol. The van der Waals surface area contributed by atoms with Crippen molar-refractivity contribution in [3.8, 4) is 0 Å². The van der Waals surface area contributed by atoms with Crippen LogP contribution in [-0.4, -0.2) is 34.1 Å². The Balaban J connectivity index is 2.44. The number of rotatable bonds is 8. The Morgan fingerprint density at radius 2 is 2.17 bits per heavy atom. The number of unbranched alkanes of at least 4 members (excludes halogenated alkanes) is 1. The van der Waals surface area contributed by atoms with Gasteiger partial charge in [0.25, 0.3) is 0 Å². The minimum Gasteiger partial charge on any atom is -0.313 e. The van der Waals surface area contributed by atoms with Gasteiger partial charge in [0.15, 0.2) is 0 Å². The Hall–Kier alpha value is 0.400. The van der Waals surface area contributed by atoms with Gasteiger partial charge in [-0.25, -0.2) is 0 Å². The first-order valence-electron chi connectivity index (χ1n) is 7.30. The Labute approximate surface area is 122 Å². The van der Waals surface area contributed by atoms with Gasteiger partial charge in [-0.15, -0.1) is 6.58 Å². The summed E-state index contributed by atoms with van der Waals surface area (Å²) in [6.07, 6.45) is 7.00. The van der Waals surface area contributed by atoms with Gasteiger partial charge in [0.2, 0.25) is 0 Å². The average molecular weight is 288 g/mol. The molecule has 1 saturated heterocycles. The number of allylic oxidation sites excluding steroid dienone is 1. The van der Waals surface area contributed by atoms with E-state index in [1.165, 1.54) is 25.0 Å². The molecule has 1 heterocycles. The van der Waals surface area contributed by atoms with Crippen molar-refractivity contribution in [2.45, 2.75) is 68.2 Å². The normalized spacial score (nSPS) is 30.1. The van der Waals surface area contributed by atoms with Crippen LogP contribution < -0.4 is 5.32 Å². The van der Waals surface area contributed by atoms with Crippen molar-refractivity contribution in [1.82, 2.24) is 5.32 Å². The molecule has 0 aromatic carbocycles. The maximum absolute atomic E-state index is 3.82. The molecule has 1 N–H and O–H groups in total. The van der Waals surface area contributed by atoms with Crippen LogP contribution in [0.1, 0.15) is 46.5 Å². The topological polar surface area (TPSA) is 12.0 Å². The largest absolute Gasteiger partial charge is 0.313 e. The summed E-state index contributed by atoms with van der Waals surface area (Å²) in [5.74, 6) is 1.31. The highest BCUT2D eigenvalue weighted by molar-refractivity contribution is 8.07. The van der Waals surface area contributed by atoms with E-state index in [-0.39, 0.29) is 0 Å². The Morgan fingerprint density at radius 3 is 2.78 bits per heavy atom. The zero-order valence-electron chi connectivity index (χ0n) is 12.2. The molecule has 1 aliphatic heterocycles. The van der Waals surface area contributed by atoms with Gasteiger partial charge in [0.1, 0.15) is 0 Å². The summed E-state index contributed by atoms with van der Waals surface area (Å²) in [6, 6.07) is 0.692. The van der Waals surface area contributed by atoms with Gasteiger partial charge in [-0.3, -0.25) is 0 Å². The van der Waals surface area contributed by atoms with E-state index in [1.807, 2.05) is 6.08 Å². The molecule has 0 saturated carbocycles. The lowest BCUT2D eigenvalue weighted by atomic mass is 10.1. The molecule has 0 radical (unpaired) electrons. The minimum atomic E-state index is 0.692. The molecule has 1 nitrogen and oxygen atoms in total. The van der Waals surface area contributed by atoms with Gasteiger partial charge in [0.05, 0.1) is 0 Å². The highest BCUT2D eigenvalue weighted by Gasteiger charge is 2.30. The second kappa shape index (κ2) is 9.33. The van der Waals surface area contributed by atoms with E-state index in [9.17, 15) is 0 Å². The third kappa shape index (κ3) is 5.58. The molecule has 0 aliphatic carbocycles. The molecule has 4 unspecified atom stereocenters. The van der Waals surface area contributed by atoms with E-state index >= 15 is 0 Å². The number of hydrogen-bond donors (Lipinski definition) is 1. The van der Waals surface area contributed by atoms with Crippen LogP contribution in [0.3, 0.4) is 0 Å². The van der Waals surface area contributed by atoms with Crippen molar-refractivity contribution in [2.24, 2.45) is 0 Å². The maximum atomic E-state index is 3.82. The van der Waals surface area contributed by atoms with E-state index in [1.54, 1.807) is 0 Å². The molecule has 0 aromatic rings.